The molecule has 0 saturated carbocycles. The second-order valence-corrected chi connectivity index (χ2v) is 8.14. The third-order valence-electron chi connectivity index (χ3n) is 4.84. The highest BCUT2D eigenvalue weighted by Gasteiger charge is 2.07. The molecule has 0 rings (SSSR count). The fourth-order valence-electron chi connectivity index (χ4n) is 2.87. The van der Waals surface area contributed by atoms with Gasteiger partial charge in [-0.05, 0) is 32.1 Å². The number of rotatable bonds is 21. The van der Waals surface area contributed by atoms with E-state index in [2.05, 4.69) is 19.1 Å². The van der Waals surface area contributed by atoms with Gasteiger partial charge in [-0.2, -0.15) is 0 Å². The number of aliphatic hydroxyl groups is 2. The molecule has 0 radical (unpaired) electrons. The zero-order chi connectivity index (χ0) is 25.2. The first kappa shape index (κ1) is 33.2. The van der Waals surface area contributed by atoms with Crippen molar-refractivity contribution >= 4 is 17.9 Å². The van der Waals surface area contributed by atoms with Crippen molar-refractivity contribution in [2.24, 2.45) is 0 Å². The van der Waals surface area contributed by atoms with Crippen LogP contribution >= 0.6 is 0 Å². The predicted molar refractivity (Wildman–Crippen MR) is 128 cm³/mol. The summed E-state index contributed by atoms with van der Waals surface area (Å²) in [4.78, 5) is 30.7. The van der Waals surface area contributed by atoms with Gasteiger partial charge in [-0.15, -0.1) is 0 Å². The van der Waals surface area contributed by atoms with Crippen LogP contribution in [0.4, 0.5) is 0 Å². The zero-order valence-corrected chi connectivity index (χ0v) is 20.4. The summed E-state index contributed by atoms with van der Waals surface area (Å²) in [5.41, 5.74) is 0. The number of hydrogen-bond acceptors (Lipinski definition) is 6. The molecule has 1 unspecified atom stereocenters. The quantitative estimate of drug-likeness (QED) is 0.105. The average molecular weight is 475 g/mol. The summed E-state index contributed by atoms with van der Waals surface area (Å²) in [6.45, 7) is 1.77. The van der Waals surface area contributed by atoms with E-state index in [1.54, 1.807) is 0 Å². The lowest BCUT2D eigenvalue weighted by molar-refractivity contribution is -0.147. The van der Waals surface area contributed by atoms with Crippen LogP contribution in [0.5, 0.6) is 0 Å². The van der Waals surface area contributed by atoms with Crippen molar-refractivity contribution in [1.29, 1.82) is 0 Å². The summed E-state index contributed by atoms with van der Waals surface area (Å²) in [7, 11) is 0. The minimum absolute atomic E-state index is 0.111. The van der Waals surface area contributed by atoms with E-state index in [4.69, 9.17) is 25.2 Å². The molecular weight excluding hydrogens is 428 g/mol. The monoisotopic (exact) mass is 474 g/mol. The van der Waals surface area contributed by atoms with Crippen molar-refractivity contribution in [1.82, 2.24) is 0 Å². The third-order valence-corrected chi connectivity index (χ3v) is 4.84. The van der Waals surface area contributed by atoms with Gasteiger partial charge in [-0.1, -0.05) is 70.4 Å². The van der Waals surface area contributed by atoms with E-state index in [0.29, 0.717) is 6.42 Å². The second-order valence-electron chi connectivity index (χ2n) is 8.14. The van der Waals surface area contributed by atoms with Crippen LogP contribution in [0.2, 0.25) is 0 Å². The van der Waals surface area contributed by atoms with Crippen LogP contribution in [0.15, 0.2) is 12.2 Å². The van der Waals surface area contributed by atoms with Crippen molar-refractivity contribution in [3.05, 3.63) is 12.2 Å². The molecule has 194 valence electrons. The van der Waals surface area contributed by atoms with Gasteiger partial charge < -0.3 is 25.2 Å². The molecule has 0 aliphatic heterocycles. The van der Waals surface area contributed by atoms with Crippen molar-refractivity contribution < 1.29 is 39.5 Å². The number of aliphatic hydroxyl groups excluding tert-OH is 2. The van der Waals surface area contributed by atoms with Gasteiger partial charge >= 0.3 is 17.9 Å². The van der Waals surface area contributed by atoms with E-state index in [1.165, 1.54) is 57.8 Å². The van der Waals surface area contributed by atoms with Gasteiger partial charge in [0.15, 0.2) is 0 Å². The predicted octanol–water partition coefficient (Wildman–Crippen LogP) is 4.86. The molecule has 0 saturated heterocycles. The molecule has 0 aliphatic carbocycles. The first-order valence-electron chi connectivity index (χ1n) is 12.4. The first-order chi connectivity index (χ1) is 15.8. The number of carbonyl (C=O) groups excluding carboxylic acids is 1. The molecule has 0 bridgehead atoms. The Morgan fingerprint density at radius 1 is 0.727 bits per heavy atom. The number of carboxylic acid groups (broad SMARTS) is 2. The topological polar surface area (TPSA) is 141 Å². The van der Waals surface area contributed by atoms with E-state index in [-0.39, 0.29) is 32.0 Å². The molecule has 8 heteroatoms. The second kappa shape index (κ2) is 26.3. The van der Waals surface area contributed by atoms with E-state index >= 15 is 0 Å². The molecule has 0 aromatic rings. The number of ether oxygens (including phenoxy) is 1. The lowest BCUT2D eigenvalue weighted by Crippen LogP contribution is -2.21. The van der Waals surface area contributed by atoms with E-state index in [0.717, 1.165) is 25.7 Å². The summed E-state index contributed by atoms with van der Waals surface area (Å²) in [5, 5.41) is 33.5. The molecular formula is C25H46O8. The maximum atomic E-state index is 11.4. The molecule has 0 spiro atoms. The maximum Gasteiger partial charge on any atom is 0.305 e. The highest BCUT2D eigenvalue weighted by molar-refractivity contribution is 5.75. The van der Waals surface area contributed by atoms with Crippen LogP contribution in [-0.4, -0.2) is 57.7 Å². The standard InChI is InChI=1S/C21H40O4.C4H6O4/c1-2-3-4-5-6-7-8-9-10-11-12-13-14-15-16-17-21(24)25-19-20(23)18-22;5-3(6)1-2-4(7)8/h9-10,20,22-23H,2-8,11-19H2,1H3;1-2H2,(H,5,6)(H,7,8). The normalized spacial score (nSPS) is 11.6. The molecule has 0 aliphatic rings. The molecule has 1 atom stereocenters. The lowest BCUT2D eigenvalue weighted by atomic mass is 10.1. The smallest absolute Gasteiger partial charge is 0.305 e. The number of hydrogen-bond donors (Lipinski definition) is 4. The van der Waals surface area contributed by atoms with Gasteiger partial charge in [0.2, 0.25) is 0 Å². The molecule has 0 aromatic heterocycles. The lowest BCUT2D eigenvalue weighted by Gasteiger charge is -2.08. The fourth-order valence-corrected chi connectivity index (χ4v) is 2.87. The SMILES string of the molecule is CCCCCCCCC=CCCCCCCCC(=O)OCC(O)CO.O=C(O)CCC(=O)O. The Kier molecular flexibility index (Phi) is 26.5. The Morgan fingerprint density at radius 2 is 1.18 bits per heavy atom. The average Bonchev–Trinajstić information content (AvgIpc) is 2.79. The van der Waals surface area contributed by atoms with E-state index in [1.807, 2.05) is 0 Å². The largest absolute Gasteiger partial charge is 0.481 e. The molecule has 0 aromatic carbocycles. The van der Waals surface area contributed by atoms with Crippen molar-refractivity contribution in [2.45, 2.75) is 116 Å². The summed E-state index contributed by atoms with van der Waals surface area (Å²) in [6, 6.07) is 0. The Bertz CT molecular complexity index is 491. The van der Waals surface area contributed by atoms with Gasteiger partial charge in [0.1, 0.15) is 12.7 Å². The summed E-state index contributed by atoms with van der Waals surface area (Å²) in [5.74, 6) is -2.44. The highest BCUT2D eigenvalue weighted by atomic mass is 16.5. The van der Waals surface area contributed by atoms with Crippen molar-refractivity contribution in [3.63, 3.8) is 0 Å². The molecule has 0 amide bonds. The number of esters is 1. The molecule has 4 N–H and O–H groups in total. The number of carboxylic acids is 2. The summed E-state index contributed by atoms with van der Waals surface area (Å²) >= 11 is 0. The van der Waals surface area contributed by atoms with Crippen LogP contribution < -0.4 is 0 Å². The van der Waals surface area contributed by atoms with E-state index in [9.17, 15) is 14.4 Å². The molecule has 0 fully saturated rings. The fraction of sp³-hybridized carbons (Fsp3) is 0.800. The van der Waals surface area contributed by atoms with Gasteiger partial charge in [0.05, 0.1) is 19.4 Å². The van der Waals surface area contributed by atoms with Gasteiger partial charge in [0, 0.05) is 6.42 Å². The van der Waals surface area contributed by atoms with Crippen LogP contribution in [0.1, 0.15) is 110 Å². The molecule has 0 heterocycles. The number of carbonyl (C=O) groups is 3. The zero-order valence-electron chi connectivity index (χ0n) is 20.4. The molecule has 33 heavy (non-hydrogen) atoms. The van der Waals surface area contributed by atoms with Crippen LogP contribution in [0, 0.1) is 0 Å². The Hall–Kier alpha value is -1.93. The molecule has 8 nitrogen and oxygen atoms in total. The Morgan fingerprint density at radius 3 is 1.64 bits per heavy atom. The minimum atomic E-state index is -1.08. The number of aliphatic carboxylic acids is 2. The number of allylic oxidation sites excluding steroid dienone is 2. The van der Waals surface area contributed by atoms with Crippen molar-refractivity contribution in [3.8, 4) is 0 Å². The summed E-state index contributed by atoms with van der Waals surface area (Å²) < 4.78 is 4.86. The van der Waals surface area contributed by atoms with Crippen LogP contribution in [-0.2, 0) is 19.1 Å². The van der Waals surface area contributed by atoms with E-state index < -0.39 is 18.0 Å². The van der Waals surface area contributed by atoms with Gasteiger partial charge in [0.25, 0.3) is 0 Å². The highest BCUT2D eigenvalue weighted by Crippen LogP contribution is 2.10. The minimum Gasteiger partial charge on any atom is -0.481 e. The van der Waals surface area contributed by atoms with Gasteiger partial charge in [-0.25, -0.2) is 0 Å². The Labute approximate surface area is 199 Å². The van der Waals surface area contributed by atoms with Crippen LogP contribution in [0.25, 0.3) is 0 Å². The summed E-state index contributed by atoms with van der Waals surface area (Å²) in [6.07, 6.45) is 19.5. The van der Waals surface area contributed by atoms with Gasteiger partial charge in [-0.3, -0.25) is 14.4 Å². The van der Waals surface area contributed by atoms with Crippen LogP contribution in [0.3, 0.4) is 0 Å². The maximum absolute atomic E-state index is 11.4. The number of unbranched alkanes of at least 4 members (excludes halogenated alkanes) is 11. The third kappa shape index (κ3) is 32.3. The van der Waals surface area contributed by atoms with Crippen molar-refractivity contribution in [2.75, 3.05) is 13.2 Å². The Balaban J connectivity index is 0. The first-order valence-corrected chi connectivity index (χ1v) is 12.4.